The maximum Gasteiger partial charge on any atom is 0.412 e. The highest BCUT2D eigenvalue weighted by Gasteiger charge is 2.08. The number of rotatable bonds is 1. The normalized spacial score (nSPS) is 17.9. The SMILES string of the molecule is CCC1=CCNC(=O)O1. The Morgan fingerprint density at radius 1 is 1.89 bits per heavy atom. The molecule has 1 amide bonds. The van der Waals surface area contributed by atoms with E-state index in [9.17, 15) is 4.79 Å². The fourth-order valence-electron chi connectivity index (χ4n) is 0.662. The third kappa shape index (κ3) is 1.45. The fourth-order valence-corrected chi connectivity index (χ4v) is 0.662. The molecular weight excluding hydrogens is 118 g/mol. The summed E-state index contributed by atoms with van der Waals surface area (Å²) in [5, 5.41) is 2.51. The highest BCUT2D eigenvalue weighted by Crippen LogP contribution is 2.05. The van der Waals surface area contributed by atoms with Gasteiger partial charge in [-0.2, -0.15) is 0 Å². The molecule has 0 fully saturated rings. The van der Waals surface area contributed by atoms with Crippen LogP contribution < -0.4 is 5.32 Å². The topological polar surface area (TPSA) is 38.3 Å². The minimum atomic E-state index is -0.339. The second-order valence-corrected chi connectivity index (χ2v) is 1.79. The van der Waals surface area contributed by atoms with E-state index < -0.39 is 0 Å². The summed E-state index contributed by atoms with van der Waals surface area (Å²) in [5.74, 6) is 0.763. The first-order valence-electron chi connectivity index (χ1n) is 2.97. The third-order valence-electron chi connectivity index (χ3n) is 1.15. The van der Waals surface area contributed by atoms with Gasteiger partial charge in [-0.25, -0.2) is 4.79 Å². The van der Waals surface area contributed by atoms with Crippen molar-refractivity contribution in [1.29, 1.82) is 0 Å². The molecule has 0 aromatic carbocycles. The Labute approximate surface area is 53.7 Å². The van der Waals surface area contributed by atoms with E-state index in [-0.39, 0.29) is 6.09 Å². The van der Waals surface area contributed by atoms with Gasteiger partial charge in [-0.3, -0.25) is 0 Å². The van der Waals surface area contributed by atoms with E-state index in [1.165, 1.54) is 0 Å². The number of nitrogens with one attached hydrogen (secondary N) is 1. The van der Waals surface area contributed by atoms with Gasteiger partial charge in [-0.05, 0) is 6.08 Å². The molecule has 3 nitrogen and oxygen atoms in total. The first kappa shape index (κ1) is 6.13. The number of amides is 1. The summed E-state index contributed by atoms with van der Waals surface area (Å²) in [7, 11) is 0. The molecule has 1 heterocycles. The molecule has 0 saturated carbocycles. The molecule has 0 saturated heterocycles. The van der Waals surface area contributed by atoms with E-state index in [4.69, 9.17) is 4.74 Å². The number of allylic oxidation sites excluding steroid dienone is 1. The molecule has 0 unspecified atom stereocenters. The predicted octanol–water partition coefficient (Wildman–Crippen LogP) is 1.02. The van der Waals surface area contributed by atoms with Crippen LogP contribution in [0.1, 0.15) is 13.3 Å². The second kappa shape index (κ2) is 2.53. The van der Waals surface area contributed by atoms with E-state index in [1.54, 1.807) is 0 Å². The quantitative estimate of drug-likeness (QED) is 0.571. The van der Waals surface area contributed by atoms with Gasteiger partial charge in [0.2, 0.25) is 0 Å². The van der Waals surface area contributed by atoms with Crippen molar-refractivity contribution in [3.8, 4) is 0 Å². The van der Waals surface area contributed by atoms with E-state index >= 15 is 0 Å². The molecule has 0 atom stereocenters. The third-order valence-corrected chi connectivity index (χ3v) is 1.15. The number of ether oxygens (including phenoxy) is 1. The van der Waals surface area contributed by atoms with Crippen molar-refractivity contribution in [3.05, 3.63) is 11.8 Å². The lowest BCUT2D eigenvalue weighted by molar-refractivity contribution is 0.169. The summed E-state index contributed by atoms with van der Waals surface area (Å²) >= 11 is 0. The van der Waals surface area contributed by atoms with Crippen LogP contribution >= 0.6 is 0 Å². The van der Waals surface area contributed by atoms with Gasteiger partial charge in [0.1, 0.15) is 5.76 Å². The highest BCUT2D eigenvalue weighted by atomic mass is 16.6. The van der Waals surface area contributed by atoms with E-state index in [0.717, 1.165) is 12.2 Å². The van der Waals surface area contributed by atoms with Crippen LogP contribution in [-0.2, 0) is 4.74 Å². The predicted molar refractivity (Wildman–Crippen MR) is 32.9 cm³/mol. The molecule has 0 aliphatic carbocycles. The van der Waals surface area contributed by atoms with Gasteiger partial charge < -0.3 is 10.1 Å². The van der Waals surface area contributed by atoms with Gasteiger partial charge in [0.25, 0.3) is 0 Å². The first-order chi connectivity index (χ1) is 4.33. The smallest absolute Gasteiger partial charge is 0.412 e. The molecule has 9 heavy (non-hydrogen) atoms. The lowest BCUT2D eigenvalue weighted by Crippen LogP contribution is -2.28. The van der Waals surface area contributed by atoms with Gasteiger partial charge >= 0.3 is 6.09 Å². The number of carbonyl (C=O) groups excluding carboxylic acids is 1. The van der Waals surface area contributed by atoms with Crippen LogP contribution in [0.2, 0.25) is 0 Å². The number of hydrogen-bond donors (Lipinski definition) is 1. The van der Waals surface area contributed by atoms with Crippen LogP contribution in [0.4, 0.5) is 4.79 Å². The van der Waals surface area contributed by atoms with Crippen molar-refractivity contribution < 1.29 is 9.53 Å². The monoisotopic (exact) mass is 127 g/mol. The summed E-state index contributed by atoms with van der Waals surface area (Å²) in [6, 6.07) is 0. The standard InChI is InChI=1S/C6H9NO2/c1-2-5-3-4-7-6(8)9-5/h3H,2,4H2,1H3,(H,7,8). The second-order valence-electron chi connectivity index (χ2n) is 1.79. The van der Waals surface area contributed by atoms with Crippen molar-refractivity contribution in [2.45, 2.75) is 13.3 Å². The lowest BCUT2D eigenvalue weighted by atomic mass is 10.3. The molecular formula is C6H9NO2. The molecule has 0 bridgehead atoms. The molecule has 0 aromatic rings. The molecule has 0 aromatic heterocycles. The summed E-state index contributed by atoms with van der Waals surface area (Å²) in [6.07, 6.45) is 2.31. The fraction of sp³-hybridized carbons (Fsp3) is 0.500. The Kier molecular flexibility index (Phi) is 1.72. The number of carbonyl (C=O) groups is 1. The van der Waals surface area contributed by atoms with Gasteiger partial charge in [0.05, 0.1) is 0 Å². The van der Waals surface area contributed by atoms with E-state index in [2.05, 4.69) is 5.32 Å². The maximum absolute atomic E-state index is 10.5. The van der Waals surface area contributed by atoms with Crippen LogP contribution in [0, 0.1) is 0 Å². The lowest BCUT2D eigenvalue weighted by Gasteiger charge is -2.11. The van der Waals surface area contributed by atoms with Crippen LogP contribution in [0.3, 0.4) is 0 Å². The number of alkyl carbamates (subject to hydrolysis) is 1. The molecule has 50 valence electrons. The van der Waals surface area contributed by atoms with E-state index in [0.29, 0.717) is 6.54 Å². The average Bonchev–Trinajstić information content (AvgIpc) is 1.88. The largest absolute Gasteiger partial charge is 0.415 e. The van der Waals surface area contributed by atoms with Gasteiger partial charge in [-0.1, -0.05) is 6.92 Å². The Morgan fingerprint density at radius 3 is 3.11 bits per heavy atom. The Morgan fingerprint density at radius 2 is 2.67 bits per heavy atom. The number of cyclic esters (lactones) is 1. The van der Waals surface area contributed by atoms with Crippen LogP contribution in [0.15, 0.2) is 11.8 Å². The molecule has 1 aliphatic rings. The highest BCUT2D eigenvalue weighted by molar-refractivity contribution is 5.69. The van der Waals surface area contributed by atoms with Crippen LogP contribution in [0.5, 0.6) is 0 Å². The zero-order valence-corrected chi connectivity index (χ0v) is 5.31. The minimum absolute atomic E-state index is 0.339. The van der Waals surface area contributed by atoms with Gasteiger partial charge in [-0.15, -0.1) is 0 Å². The molecule has 1 rings (SSSR count). The van der Waals surface area contributed by atoms with Crippen molar-refractivity contribution in [1.82, 2.24) is 5.32 Å². The maximum atomic E-state index is 10.5. The molecule has 0 radical (unpaired) electrons. The van der Waals surface area contributed by atoms with Crippen LogP contribution in [0.25, 0.3) is 0 Å². The summed E-state index contributed by atoms with van der Waals surface area (Å²) < 4.78 is 4.75. The molecule has 1 N–H and O–H groups in total. The van der Waals surface area contributed by atoms with Gasteiger partial charge in [0.15, 0.2) is 0 Å². The van der Waals surface area contributed by atoms with Crippen molar-refractivity contribution in [2.75, 3.05) is 6.54 Å². The van der Waals surface area contributed by atoms with Crippen molar-refractivity contribution in [2.24, 2.45) is 0 Å². The zero-order valence-electron chi connectivity index (χ0n) is 5.31. The summed E-state index contributed by atoms with van der Waals surface area (Å²) in [5.41, 5.74) is 0. The number of hydrogen-bond acceptors (Lipinski definition) is 2. The van der Waals surface area contributed by atoms with E-state index in [1.807, 2.05) is 13.0 Å². The van der Waals surface area contributed by atoms with Gasteiger partial charge in [0, 0.05) is 13.0 Å². The Balaban J connectivity index is 2.53. The van der Waals surface area contributed by atoms with Crippen molar-refractivity contribution in [3.63, 3.8) is 0 Å². The summed E-state index contributed by atoms with van der Waals surface area (Å²) in [4.78, 5) is 10.5. The average molecular weight is 127 g/mol. The van der Waals surface area contributed by atoms with Crippen molar-refractivity contribution >= 4 is 6.09 Å². The molecule has 1 aliphatic heterocycles. The minimum Gasteiger partial charge on any atom is -0.415 e. The van der Waals surface area contributed by atoms with Crippen LogP contribution in [-0.4, -0.2) is 12.6 Å². The summed E-state index contributed by atoms with van der Waals surface area (Å²) in [6.45, 7) is 2.55. The molecule has 3 heteroatoms. The Bertz CT molecular complexity index is 151. The zero-order chi connectivity index (χ0) is 6.69. The molecule has 0 spiro atoms. The Hall–Kier alpha value is -0.990. The first-order valence-corrected chi connectivity index (χ1v) is 2.97.